The van der Waals surface area contributed by atoms with Crippen molar-refractivity contribution in [3.8, 4) is 11.5 Å². The zero-order chi connectivity index (χ0) is 32.4. The van der Waals surface area contributed by atoms with Gasteiger partial charge in [0.25, 0.3) is 0 Å². The standard InChI is InChI=1S/C38H60N2O2Si.CH4.CH3.Co/c1-13-14-19-43(11,12)29-21-27(35(42)31(23-29)38(8,9)10)25-40-33-18-16-15-17-32(33)39-24-26-20-28(36(2,3)4)22-30(34(26)41)37(5,6)7;;;/h20-25,32-33,41-42H,13-19H2,1-12H3;1H4;1H3;/q;;-1;. The fourth-order valence-corrected chi connectivity index (χ4v) is 8.64. The van der Waals surface area contributed by atoms with Crippen molar-refractivity contribution in [2.75, 3.05) is 0 Å². The van der Waals surface area contributed by atoms with Crippen LogP contribution in [0.4, 0.5) is 0 Å². The molecule has 1 fully saturated rings. The van der Waals surface area contributed by atoms with Crippen molar-refractivity contribution >= 4 is 25.7 Å². The van der Waals surface area contributed by atoms with E-state index in [4.69, 9.17) is 9.98 Å². The van der Waals surface area contributed by atoms with Crippen molar-refractivity contribution < 1.29 is 27.0 Å². The van der Waals surface area contributed by atoms with E-state index in [-0.39, 0.29) is 60.0 Å². The van der Waals surface area contributed by atoms with Gasteiger partial charge in [0, 0.05) is 45.9 Å². The van der Waals surface area contributed by atoms with Gasteiger partial charge in [-0.3, -0.25) is 9.98 Å². The Labute approximate surface area is 295 Å². The van der Waals surface area contributed by atoms with Crippen molar-refractivity contribution in [2.45, 2.75) is 163 Å². The van der Waals surface area contributed by atoms with Gasteiger partial charge in [0.05, 0.1) is 20.2 Å². The summed E-state index contributed by atoms with van der Waals surface area (Å²) in [4.78, 5) is 10.2. The molecule has 0 amide bonds. The molecule has 1 aliphatic carbocycles. The van der Waals surface area contributed by atoms with E-state index in [0.717, 1.165) is 47.9 Å². The molecular weight excluding hydrogens is 627 g/mol. The number of aromatic hydroxyl groups is 2. The Morgan fingerprint density at radius 3 is 1.59 bits per heavy atom. The van der Waals surface area contributed by atoms with Gasteiger partial charge in [-0.2, -0.15) is 0 Å². The monoisotopic (exact) mass is 694 g/mol. The summed E-state index contributed by atoms with van der Waals surface area (Å²) in [6.07, 6.45) is 10.5. The van der Waals surface area contributed by atoms with Crippen molar-refractivity contribution in [3.63, 3.8) is 0 Å². The zero-order valence-electron chi connectivity index (χ0n) is 30.7. The SMILES string of the molecule is C.CCCC[Si](C)(C)c1cc(C=NC2CCCCC2N=Cc2cc(C(C)(C)C)cc(C(C)(C)C)c2O)c(O)c(C(C)(C)C)c1.[CH3-].[Co]. The van der Waals surface area contributed by atoms with Gasteiger partial charge in [-0.05, 0) is 46.3 Å². The minimum absolute atomic E-state index is 0. The van der Waals surface area contributed by atoms with Gasteiger partial charge in [0.15, 0.2) is 0 Å². The predicted octanol–water partition coefficient (Wildman–Crippen LogP) is 10.6. The number of hydrogen-bond acceptors (Lipinski definition) is 4. The van der Waals surface area contributed by atoms with Crippen LogP contribution in [0.15, 0.2) is 34.3 Å². The molecule has 1 aliphatic rings. The number of phenols is 2. The topological polar surface area (TPSA) is 65.2 Å². The third-order valence-electron chi connectivity index (χ3n) is 9.20. The van der Waals surface area contributed by atoms with Crippen LogP contribution in [-0.4, -0.2) is 42.8 Å². The van der Waals surface area contributed by atoms with Gasteiger partial charge in [-0.15, -0.1) is 0 Å². The summed E-state index contributed by atoms with van der Waals surface area (Å²) in [5.74, 6) is 0.682. The number of unbranched alkanes of at least 4 members (excludes halogenated alkanes) is 1. The first-order valence-electron chi connectivity index (χ1n) is 16.6. The number of nitrogens with zero attached hydrogens (tertiary/aromatic N) is 2. The Bertz CT molecular complexity index is 1330. The molecular formula is C40H67CoN2O2Si-. The van der Waals surface area contributed by atoms with Crippen LogP contribution in [0.25, 0.3) is 0 Å². The molecule has 0 aromatic heterocycles. The van der Waals surface area contributed by atoms with E-state index >= 15 is 0 Å². The van der Waals surface area contributed by atoms with Crippen LogP contribution >= 0.6 is 0 Å². The normalized spacial score (nSPS) is 17.8. The molecule has 1 radical (unpaired) electrons. The second kappa shape index (κ2) is 17.0. The van der Waals surface area contributed by atoms with Crippen LogP contribution in [0, 0.1) is 7.43 Å². The first-order chi connectivity index (χ1) is 19.8. The number of phenolic OH excluding ortho intramolecular Hbond substituents is 2. The summed E-state index contributed by atoms with van der Waals surface area (Å²) in [5.41, 5.74) is 4.39. The van der Waals surface area contributed by atoms with E-state index in [1.54, 1.807) is 0 Å². The van der Waals surface area contributed by atoms with Gasteiger partial charge in [0.1, 0.15) is 11.5 Å². The molecule has 0 bridgehead atoms. The fourth-order valence-electron chi connectivity index (χ4n) is 6.03. The van der Waals surface area contributed by atoms with Gasteiger partial charge in [-0.1, -0.05) is 145 Å². The first kappa shape index (κ1) is 44.1. The summed E-state index contributed by atoms with van der Waals surface area (Å²) >= 11 is 0. The van der Waals surface area contributed by atoms with E-state index in [0.29, 0.717) is 11.5 Å². The van der Waals surface area contributed by atoms with Crippen LogP contribution in [0.1, 0.15) is 143 Å². The summed E-state index contributed by atoms with van der Waals surface area (Å²) in [5, 5.41) is 24.1. The van der Waals surface area contributed by atoms with E-state index in [9.17, 15) is 10.2 Å². The molecule has 2 unspecified atom stereocenters. The Balaban J connectivity index is 0.00000675. The number of aliphatic imine (C=N–C) groups is 2. The average molecular weight is 695 g/mol. The summed E-state index contributed by atoms with van der Waals surface area (Å²) < 4.78 is 0. The quantitative estimate of drug-likeness (QED) is 0.164. The molecule has 0 aliphatic heterocycles. The molecule has 0 spiro atoms. The van der Waals surface area contributed by atoms with E-state index in [1.165, 1.54) is 29.6 Å². The molecule has 2 N–H and O–H groups in total. The number of rotatable bonds is 8. The Kier molecular flexibility index (Phi) is 16.3. The molecule has 263 valence electrons. The van der Waals surface area contributed by atoms with E-state index in [1.807, 2.05) is 12.4 Å². The van der Waals surface area contributed by atoms with Crippen LogP contribution < -0.4 is 5.19 Å². The van der Waals surface area contributed by atoms with Crippen molar-refractivity contribution in [2.24, 2.45) is 9.98 Å². The van der Waals surface area contributed by atoms with Gasteiger partial charge in [0.2, 0.25) is 0 Å². The minimum Gasteiger partial charge on any atom is -0.507 e. The number of hydrogen-bond donors (Lipinski definition) is 2. The Morgan fingerprint density at radius 1 is 0.739 bits per heavy atom. The summed E-state index contributed by atoms with van der Waals surface area (Å²) in [7, 11) is -1.66. The van der Waals surface area contributed by atoms with Crippen LogP contribution in [0.5, 0.6) is 11.5 Å². The van der Waals surface area contributed by atoms with Gasteiger partial charge in [-0.25, -0.2) is 0 Å². The molecule has 3 rings (SSSR count). The average Bonchev–Trinajstić information content (AvgIpc) is 2.89. The third-order valence-corrected chi connectivity index (χ3v) is 12.7. The zero-order valence-corrected chi connectivity index (χ0v) is 32.7. The molecule has 46 heavy (non-hydrogen) atoms. The molecule has 4 nitrogen and oxygen atoms in total. The van der Waals surface area contributed by atoms with Gasteiger partial charge >= 0.3 is 0 Å². The minimum atomic E-state index is -1.66. The van der Waals surface area contributed by atoms with Gasteiger partial charge < -0.3 is 17.6 Å². The summed E-state index contributed by atoms with van der Waals surface area (Å²) in [6, 6.07) is 10.1. The van der Waals surface area contributed by atoms with E-state index in [2.05, 4.69) is 107 Å². The molecule has 2 aromatic carbocycles. The smallest absolute Gasteiger partial charge is 0.128 e. The maximum Gasteiger partial charge on any atom is 0.128 e. The van der Waals surface area contributed by atoms with Crippen LogP contribution in [-0.2, 0) is 33.0 Å². The second-order valence-corrected chi connectivity index (χ2v) is 21.5. The Hall–Kier alpha value is -1.90. The number of benzene rings is 2. The molecule has 2 atom stereocenters. The van der Waals surface area contributed by atoms with Crippen molar-refractivity contribution in [1.82, 2.24) is 0 Å². The van der Waals surface area contributed by atoms with Crippen LogP contribution in [0.2, 0.25) is 19.1 Å². The van der Waals surface area contributed by atoms with E-state index < -0.39 is 8.07 Å². The van der Waals surface area contributed by atoms with Crippen LogP contribution in [0.3, 0.4) is 0 Å². The van der Waals surface area contributed by atoms with Crippen molar-refractivity contribution in [3.05, 3.63) is 59.5 Å². The third kappa shape index (κ3) is 11.1. The molecule has 0 saturated heterocycles. The largest absolute Gasteiger partial charge is 0.507 e. The summed E-state index contributed by atoms with van der Waals surface area (Å²) in [6.45, 7) is 26.7. The molecule has 1 saturated carbocycles. The fraction of sp³-hybridized carbons (Fsp3) is 0.625. The molecule has 6 heteroatoms. The maximum absolute atomic E-state index is 11.4. The second-order valence-electron chi connectivity index (χ2n) is 16.6. The molecule has 2 aromatic rings. The first-order valence-corrected chi connectivity index (χ1v) is 19.8. The van der Waals surface area contributed by atoms with Crippen molar-refractivity contribution in [1.29, 1.82) is 0 Å². The predicted molar refractivity (Wildman–Crippen MR) is 204 cm³/mol. The maximum atomic E-state index is 11.4. The Morgan fingerprint density at radius 2 is 1.17 bits per heavy atom. The molecule has 0 heterocycles.